The van der Waals surface area contributed by atoms with Crippen LogP contribution in [0.15, 0.2) is 18.2 Å². The number of thiocarbonyl (C=S) groups is 1. The van der Waals surface area contributed by atoms with Crippen LogP contribution in [0.2, 0.25) is 0 Å². The maximum absolute atomic E-state index is 10.6. The van der Waals surface area contributed by atoms with Gasteiger partial charge in [0.1, 0.15) is 4.99 Å². The lowest BCUT2D eigenvalue weighted by molar-refractivity contribution is -0.117. The van der Waals surface area contributed by atoms with Crippen molar-refractivity contribution >= 4 is 28.8 Å². The van der Waals surface area contributed by atoms with E-state index in [0.29, 0.717) is 18.0 Å². The fraction of sp³-hybridized carbons (Fsp3) is 0.273. The van der Waals surface area contributed by atoms with Crippen LogP contribution in [0.3, 0.4) is 0 Å². The zero-order valence-corrected chi connectivity index (χ0v) is 9.93. The zero-order valence-electron chi connectivity index (χ0n) is 9.12. The molecule has 4 nitrogen and oxygen atoms in total. The Morgan fingerprint density at radius 2 is 2.12 bits per heavy atom. The molecular formula is C11H15N3OS. The average Bonchev–Trinajstić information content (AvgIpc) is 2.19. The number of aryl methyl sites for hydroxylation is 1. The number of rotatable bonds is 5. The van der Waals surface area contributed by atoms with Crippen molar-refractivity contribution in [2.45, 2.75) is 13.3 Å². The molecule has 0 heterocycles. The van der Waals surface area contributed by atoms with Crippen molar-refractivity contribution in [2.75, 3.05) is 11.9 Å². The third-order valence-electron chi connectivity index (χ3n) is 2.20. The highest BCUT2D eigenvalue weighted by Crippen LogP contribution is 2.16. The average molecular weight is 237 g/mol. The van der Waals surface area contributed by atoms with Gasteiger partial charge in [0, 0.05) is 24.2 Å². The normalized spacial score (nSPS) is 9.81. The van der Waals surface area contributed by atoms with E-state index in [1.54, 1.807) is 0 Å². The Hall–Kier alpha value is -1.62. The van der Waals surface area contributed by atoms with Crippen molar-refractivity contribution in [3.8, 4) is 0 Å². The predicted octanol–water partition coefficient (Wildman–Crippen LogP) is 0.917. The molecule has 0 saturated heterocycles. The van der Waals surface area contributed by atoms with Crippen LogP contribution in [0.25, 0.3) is 0 Å². The first-order chi connectivity index (χ1) is 7.50. The SMILES string of the molecule is Cc1cc(C(N)=S)ccc1NCCC(N)=O. The summed E-state index contributed by atoms with van der Waals surface area (Å²) in [6.07, 6.45) is 0.316. The molecule has 0 fully saturated rings. The van der Waals surface area contributed by atoms with Crippen LogP contribution in [0.1, 0.15) is 17.5 Å². The number of anilines is 1. The van der Waals surface area contributed by atoms with Gasteiger partial charge in [-0.3, -0.25) is 4.79 Å². The van der Waals surface area contributed by atoms with Crippen LogP contribution in [0, 0.1) is 6.92 Å². The standard InChI is InChI=1S/C11H15N3OS/c1-7-6-8(11(13)16)2-3-9(7)14-5-4-10(12)15/h2-3,6,14H,4-5H2,1H3,(H2,12,15)(H2,13,16). The number of amides is 1. The number of hydrogen-bond donors (Lipinski definition) is 3. The Bertz CT molecular complexity index is 418. The van der Waals surface area contributed by atoms with E-state index in [9.17, 15) is 4.79 Å². The molecule has 0 aromatic heterocycles. The first kappa shape index (κ1) is 12.4. The van der Waals surface area contributed by atoms with Crippen molar-refractivity contribution in [3.63, 3.8) is 0 Å². The quantitative estimate of drug-likeness (QED) is 0.665. The van der Waals surface area contributed by atoms with E-state index >= 15 is 0 Å². The minimum absolute atomic E-state index is 0.315. The number of hydrogen-bond acceptors (Lipinski definition) is 3. The summed E-state index contributed by atoms with van der Waals surface area (Å²) in [5.41, 5.74) is 13.4. The van der Waals surface area contributed by atoms with Crippen LogP contribution in [0.5, 0.6) is 0 Å². The molecule has 16 heavy (non-hydrogen) atoms. The van der Waals surface area contributed by atoms with Crippen LogP contribution < -0.4 is 16.8 Å². The second-order valence-electron chi connectivity index (χ2n) is 3.54. The molecule has 1 rings (SSSR count). The maximum atomic E-state index is 10.6. The first-order valence-electron chi connectivity index (χ1n) is 4.93. The van der Waals surface area contributed by atoms with Gasteiger partial charge in [0.2, 0.25) is 5.91 Å². The molecule has 0 atom stereocenters. The lowest BCUT2D eigenvalue weighted by Gasteiger charge is -2.09. The monoisotopic (exact) mass is 237 g/mol. The Kier molecular flexibility index (Phi) is 4.25. The molecule has 1 aromatic rings. The van der Waals surface area contributed by atoms with Gasteiger partial charge in [-0.05, 0) is 30.7 Å². The van der Waals surface area contributed by atoms with Gasteiger partial charge in [0.05, 0.1) is 0 Å². The summed E-state index contributed by atoms with van der Waals surface area (Å²) in [5.74, 6) is -0.315. The minimum atomic E-state index is -0.315. The molecule has 1 amide bonds. The van der Waals surface area contributed by atoms with Gasteiger partial charge in [-0.1, -0.05) is 12.2 Å². The first-order valence-corrected chi connectivity index (χ1v) is 5.34. The molecule has 5 heteroatoms. The summed E-state index contributed by atoms with van der Waals surface area (Å²) in [5, 5.41) is 3.13. The van der Waals surface area contributed by atoms with Gasteiger partial charge < -0.3 is 16.8 Å². The summed E-state index contributed by atoms with van der Waals surface area (Å²) in [6.45, 7) is 2.48. The molecule has 0 spiro atoms. The molecule has 0 radical (unpaired) electrons. The Balaban J connectivity index is 2.68. The lowest BCUT2D eigenvalue weighted by atomic mass is 10.1. The molecule has 86 valence electrons. The number of primary amides is 1. The van der Waals surface area contributed by atoms with Crippen LogP contribution >= 0.6 is 12.2 Å². The molecule has 0 aliphatic carbocycles. The second-order valence-corrected chi connectivity index (χ2v) is 3.98. The highest BCUT2D eigenvalue weighted by atomic mass is 32.1. The molecule has 0 saturated carbocycles. The van der Waals surface area contributed by atoms with E-state index in [-0.39, 0.29) is 5.91 Å². The summed E-state index contributed by atoms with van der Waals surface area (Å²) < 4.78 is 0. The molecule has 5 N–H and O–H groups in total. The van der Waals surface area contributed by atoms with Crippen molar-refractivity contribution in [1.29, 1.82) is 0 Å². The van der Waals surface area contributed by atoms with Gasteiger partial charge in [-0.25, -0.2) is 0 Å². The van der Waals surface area contributed by atoms with Crippen LogP contribution in [-0.2, 0) is 4.79 Å². The highest BCUT2D eigenvalue weighted by Gasteiger charge is 2.02. The number of nitrogens with two attached hydrogens (primary N) is 2. The van der Waals surface area contributed by atoms with Crippen molar-refractivity contribution in [2.24, 2.45) is 11.5 Å². The molecule has 0 bridgehead atoms. The smallest absolute Gasteiger partial charge is 0.219 e. The van der Waals surface area contributed by atoms with Gasteiger partial charge >= 0.3 is 0 Å². The largest absolute Gasteiger partial charge is 0.389 e. The second kappa shape index (κ2) is 5.46. The number of nitrogens with one attached hydrogen (secondary N) is 1. The zero-order chi connectivity index (χ0) is 12.1. The molecule has 0 aliphatic heterocycles. The predicted molar refractivity (Wildman–Crippen MR) is 69.4 cm³/mol. The fourth-order valence-corrected chi connectivity index (χ4v) is 1.46. The van der Waals surface area contributed by atoms with Crippen molar-refractivity contribution in [3.05, 3.63) is 29.3 Å². The van der Waals surface area contributed by atoms with E-state index in [1.165, 1.54) is 0 Å². The third-order valence-corrected chi connectivity index (χ3v) is 2.43. The summed E-state index contributed by atoms with van der Waals surface area (Å²) >= 11 is 4.88. The summed E-state index contributed by atoms with van der Waals surface area (Å²) in [4.78, 5) is 10.9. The lowest BCUT2D eigenvalue weighted by Crippen LogP contribution is -2.16. The minimum Gasteiger partial charge on any atom is -0.389 e. The van der Waals surface area contributed by atoms with Crippen molar-refractivity contribution < 1.29 is 4.79 Å². The van der Waals surface area contributed by atoms with Crippen LogP contribution in [-0.4, -0.2) is 17.4 Å². The van der Waals surface area contributed by atoms with E-state index < -0.39 is 0 Å². The molecular weight excluding hydrogens is 222 g/mol. The Morgan fingerprint density at radius 3 is 2.62 bits per heavy atom. The molecule has 0 aliphatic rings. The fourth-order valence-electron chi connectivity index (χ4n) is 1.34. The molecule has 0 unspecified atom stereocenters. The summed E-state index contributed by atoms with van der Waals surface area (Å²) in [7, 11) is 0. The van der Waals surface area contributed by atoms with Gasteiger partial charge in [-0.2, -0.15) is 0 Å². The van der Waals surface area contributed by atoms with Gasteiger partial charge in [0.25, 0.3) is 0 Å². The van der Waals surface area contributed by atoms with Crippen molar-refractivity contribution in [1.82, 2.24) is 0 Å². The third kappa shape index (κ3) is 3.51. The van der Waals surface area contributed by atoms with Gasteiger partial charge in [0.15, 0.2) is 0 Å². The van der Waals surface area contributed by atoms with E-state index in [0.717, 1.165) is 16.8 Å². The molecule has 1 aromatic carbocycles. The number of benzene rings is 1. The van der Waals surface area contributed by atoms with Crippen LogP contribution in [0.4, 0.5) is 5.69 Å². The summed E-state index contributed by atoms with van der Waals surface area (Å²) in [6, 6.07) is 5.65. The van der Waals surface area contributed by atoms with E-state index in [4.69, 9.17) is 23.7 Å². The number of carbonyl (C=O) groups excluding carboxylic acids is 1. The Labute approximate surface area is 100 Å². The highest BCUT2D eigenvalue weighted by molar-refractivity contribution is 7.80. The van der Waals surface area contributed by atoms with E-state index in [1.807, 2.05) is 25.1 Å². The van der Waals surface area contributed by atoms with Gasteiger partial charge in [-0.15, -0.1) is 0 Å². The Morgan fingerprint density at radius 1 is 1.44 bits per heavy atom. The van der Waals surface area contributed by atoms with E-state index in [2.05, 4.69) is 5.32 Å². The number of carbonyl (C=O) groups is 1. The topological polar surface area (TPSA) is 81.1 Å². The maximum Gasteiger partial charge on any atom is 0.219 e.